The average molecular weight is 332 g/mol. The quantitative estimate of drug-likeness (QED) is 0.905. The maximum absolute atomic E-state index is 11.9. The number of likely N-dealkylation sites (tertiary alicyclic amines) is 1. The van der Waals surface area contributed by atoms with Crippen molar-refractivity contribution < 1.29 is 4.79 Å². The van der Waals surface area contributed by atoms with Crippen LogP contribution in [0.15, 0.2) is 22.7 Å². The number of carbonyl (C=O) groups is 1. The zero-order chi connectivity index (χ0) is 13.3. The van der Waals surface area contributed by atoms with Crippen molar-refractivity contribution in [2.24, 2.45) is 5.73 Å². The maximum atomic E-state index is 11.9. The highest BCUT2D eigenvalue weighted by Crippen LogP contribution is 2.34. The van der Waals surface area contributed by atoms with Gasteiger partial charge in [0.1, 0.15) is 0 Å². The van der Waals surface area contributed by atoms with Gasteiger partial charge in [-0.3, -0.25) is 4.79 Å². The van der Waals surface area contributed by atoms with Gasteiger partial charge >= 0.3 is 0 Å². The number of amides is 1. The number of likely N-dealkylation sites (N-methyl/N-ethyl adjacent to an activating group) is 1. The molecule has 2 rings (SSSR count). The molecule has 1 heterocycles. The van der Waals surface area contributed by atoms with E-state index in [-0.39, 0.29) is 18.0 Å². The number of hydrogen-bond acceptors (Lipinski definition) is 2. The molecule has 0 spiro atoms. The summed E-state index contributed by atoms with van der Waals surface area (Å²) >= 11 is 9.41. The molecule has 5 heteroatoms. The fourth-order valence-corrected chi connectivity index (χ4v) is 2.99. The Balaban J connectivity index is 2.38. The molecule has 1 saturated heterocycles. The summed E-state index contributed by atoms with van der Waals surface area (Å²) in [6, 6.07) is 5.66. The minimum Gasteiger partial charge on any atom is -0.334 e. The Morgan fingerprint density at radius 1 is 1.56 bits per heavy atom. The number of piperidine rings is 1. The molecule has 0 bridgehead atoms. The number of rotatable bonds is 2. The molecule has 1 fully saturated rings. The predicted molar refractivity (Wildman–Crippen MR) is 76.5 cm³/mol. The normalized spacial score (nSPS) is 24.4. The number of hydrogen-bond donors (Lipinski definition) is 1. The van der Waals surface area contributed by atoms with Gasteiger partial charge in [0.15, 0.2) is 0 Å². The van der Waals surface area contributed by atoms with Crippen molar-refractivity contribution in [3.8, 4) is 0 Å². The van der Waals surface area contributed by atoms with Crippen molar-refractivity contribution in [3.05, 3.63) is 33.3 Å². The number of halogens is 2. The minimum atomic E-state index is -0.0511. The first-order valence-corrected chi connectivity index (χ1v) is 7.21. The molecule has 0 aliphatic carbocycles. The van der Waals surface area contributed by atoms with E-state index in [9.17, 15) is 4.79 Å². The van der Waals surface area contributed by atoms with Crippen molar-refractivity contribution >= 4 is 33.4 Å². The molecular weight excluding hydrogens is 316 g/mol. The fraction of sp³-hybridized carbons (Fsp3) is 0.462. The Hall–Kier alpha value is -0.580. The van der Waals surface area contributed by atoms with E-state index in [0.717, 1.165) is 16.5 Å². The van der Waals surface area contributed by atoms with Crippen molar-refractivity contribution in [2.45, 2.75) is 31.8 Å². The lowest BCUT2D eigenvalue weighted by Crippen LogP contribution is -2.48. The third-order valence-electron chi connectivity index (χ3n) is 3.38. The van der Waals surface area contributed by atoms with Gasteiger partial charge in [0.05, 0.1) is 11.1 Å². The summed E-state index contributed by atoms with van der Waals surface area (Å²) in [5.41, 5.74) is 7.22. The van der Waals surface area contributed by atoms with E-state index < -0.39 is 0 Å². The summed E-state index contributed by atoms with van der Waals surface area (Å²) in [5, 5.41) is 0.664. The van der Waals surface area contributed by atoms with E-state index in [1.54, 1.807) is 0 Å². The van der Waals surface area contributed by atoms with Gasteiger partial charge in [-0.1, -0.05) is 17.7 Å². The fourth-order valence-electron chi connectivity index (χ4n) is 2.47. The third-order valence-corrected chi connectivity index (χ3v) is 4.59. The van der Waals surface area contributed by atoms with Crippen LogP contribution in [0.1, 0.15) is 31.4 Å². The molecule has 2 N–H and O–H groups in total. The smallest absolute Gasteiger partial charge is 0.223 e. The van der Waals surface area contributed by atoms with Crippen LogP contribution in [-0.2, 0) is 4.79 Å². The van der Waals surface area contributed by atoms with Crippen LogP contribution >= 0.6 is 27.5 Å². The molecule has 2 unspecified atom stereocenters. The Labute approximate surface area is 120 Å². The van der Waals surface area contributed by atoms with Crippen LogP contribution in [0.25, 0.3) is 0 Å². The van der Waals surface area contributed by atoms with E-state index >= 15 is 0 Å². The molecule has 2 atom stereocenters. The molecule has 1 aromatic rings. The molecule has 18 heavy (non-hydrogen) atoms. The molecule has 0 radical (unpaired) electrons. The minimum absolute atomic E-state index is 0.0178. The summed E-state index contributed by atoms with van der Waals surface area (Å²) in [5.74, 6) is 0.176. The van der Waals surface area contributed by atoms with E-state index in [4.69, 9.17) is 17.3 Å². The second-order valence-corrected chi connectivity index (χ2v) is 5.76. The molecule has 3 nitrogen and oxygen atoms in total. The van der Waals surface area contributed by atoms with Gasteiger partial charge in [-0.05, 0) is 47.0 Å². The highest BCUT2D eigenvalue weighted by atomic mass is 79.9. The topological polar surface area (TPSA) is 46.3 Å². The maximum Gasteiger partial charge on any atom is 0.223 e. The zero-order valence-corrected chi connectivity index (χ0v) is 12.5. The molecule has 1 aromatic carbocycles. The molecule has 1 aliphatic rings. The number of benzene rings is 1. The Kier molecular flexibility index (Phi) is 4.30. The monoisotopic (exact) mass is 330 g/mol. The summed E-state index contributed by atoms with van der Waals surface area (Å²) in [6.45, 7) is 2.66. The number of nitrogens with zero attached hydrogens (tertiary/aromatic N) is 1. The highest BCUT2D eigenvalue weighted by molar-refractivity contribution is 9.10. The lowest BCUT2D eigenvalue weighted by Gasteiger charge is -2.39. The van der Waals surface area contributed by atoms with Gasteiger partial charge in [-0.25, -0.2) is 0 Å². The van der Waals surface area contributed by atoms with Gasteiger partial charge < -0.3 is 10.6 Å². The highest BCUT2D eigenvalue weighted by Gasteiger charge is 2.33. The molecular formula is C13H16BrClN2O. The Bertz CT molecular complexity index is 466. The first-order chi connectivity index (χ1) is 8.54. The van der Waals surface area contributed by atoms with E-state index in [1.807, 2.05) is 30.0 Å². The van der Waals surface area contributed by atoms with Gasteiger partial charge in [-0.15, -0.1) is 0 Å². The predicted octanol–water partition coefficient (Wildman–Crippen LogP) is 3.11. The first-order valence-electron chi connectivity index (χ1n) is 6.04. The Morgan fingerprint density at radius 2 is 2.28 bits per heavy atom. The van der Waals surface area contributed by atoms with Crippen LogP contribution in [0.4, 0.5) is 0 Å². The van der Waals surface area contributed by atoms with Gasteiger partial charge in [-0.2, -0.15) is 0 Å². The lowest BCUT2D eigenvalue weighted by molar-refractivity contribution is -0.137. The van der Waals surface area contributed by atoms with Crippen LogP contribution in [0.2, 0.25) is 5.02 Å². The van der Waals surface area contributed by atoms with Crippen molar-refractivity contribution in [3.63, 3.8) is 0 Å². The molecule has 1 aliphatic heterocycles. The van der Waals surface area contributed by atoms with E-state index in [2.05, 4.69) is 15.9 Å². The third kappa shape index (κ3) is 2.56. The van der Waals surface area contributed by atoms with E-state index in [0.29, 0.717) is 18.0 Å². The van der Waals surface area contributed by atoms with Crippen LogP contribution in [0.5, 0.6) is 0 Å². The van der Waals surface area contributed by atoms with Crippen LogP contribution in [0, 0.1) is 0 Å². The average Bonchev–Trinajstić information content (AvgIpc) is 2.35. The Morgan fingerprint density at radius 3 is 2.89 bits per heavy atom. The van der Waals surface area contributed by atoms with Crippen LogP contribution in [-0.4, -0.2) is 23.4 Å². The first kappa shape index (κ1) is 13.8. The standard InChI is InChI=1S/C13H16BrClN2O/c1-2-17-12(18)6-5-11(16)13(17)8-3-4-10(15)9(14)7-8/h3-4,7,11,13H,2,5-6,16H2,1H3. The SMILES string of the molecule is CCN1C(=O)CCC(N)C1c1ccc(Cl)c(Br)c1. The summed E-state index contributed by atoms with van der Waals surface area (Å²) in [4.78, 5) is 13.8. The molecule has 0 aromatic heterocycles. The van der Waals surface area contributed by atoms with Crippen LogP contribution in [0.3, 0.4) is 0 Å². The van der Waals surface area contributed by atoms with Crippen LogP contribution < -0.4 is 5.73 Å². The lowest BCUT2D eigenvalue weighted by atomic mass is 9.90. The van der Waals surface area contributed by atoms with Crippen molar-refractivity contribution in [1.82, 2.24) is 4.90 Å². The second-order valence-electron chi connectivity index (χ2n) is 4.50. The molecule has 1 amide bonds. The van der Waals surface area contributed by atoms with Gasteiger partial charge in [0.2, 0.25) is 5.91 Å². The van der Waals surface area contributed by atoms with Crippen molar-refractivity contribution in [1.29, 1.82) is 0 Å². The van der Waals surface area contributed by atoms with Crippen molar-refractivity contribution in [2.75, 3.05) is 6.54 Å². The molecule has 98 valence electrons. The second kappa shape index (κ2) is 5.59. The van der Waals surface area contributed by atoms with Gasteiger partial charge in [0, 0.05) is 23.5 Å². The largest absolute Gasteiger partial charge is 0.334 e. The number of nitrogens with two attached hydrogens (primary N) is 1. The van der Waals surface area contributed by atoms with E-state index in [1.165, 1.54) is 0 Å². The summed E-state index contributed by atoms with van der Waals surface area (Å²) in [6.07, 6.45) is 1.28. The summed E-state index contributed by atoms with van der Waals surface area (Å²) in [7, 11) is 0. The zero-order valence-electron chi connectivity index (χ0n) is 10.2. The summed E-state index contributed by atoms with van der Waals surface area (Å²) < 4.78 is 0.836. The van der Waals surface area contributed by atoms with Gasteiger partial charge in [0.25, 0.3) is 0 Å². The molecule has 0 saturated carbocycles. The number of carbonyl (C=O) groups excluding carboxylic acids is 1.